The maximum atomic E-state index is 6.03. The Kier molecular flexibility index (Phi) is 4.99. The topological polar surface area (TPSA) is 0 Å². The van der Waals surface area contributed by atoms with E-state index in [0.717, 1.165) is 10.6 Å². The van der Waals surface area contributed by atoms with E-state index in [4.69, 9.17) is 11.6 Å². The molecule has 1 aliphatic rings. The van der Waals surface area contributed by atoms with Gasteiger partial charge in [-0.25, -0.2) is 0 Å². The zero-order valence-corrected chi connectivity index (χ0v) is 13.3. The van der Waals surface area contributed by atoms with Crippen LogP contribution in [0.2, 0.25) is 5.02 Å². The predicted molar refractivity (Wildman–Crippen MR) is 94.0 cm³/mol. The summed E-state index contributed by atoms with van der Waals surface area (Å²) in [6.45, 7) is 0. The molecule has 0 N–H and O–H groups in total. The number of benzene rings is 2. The van der Waals surface area contributed by atoms with Crippen molar-refractivity contribution >= 4 is 11.6 Å². The Bertz CT molecular complexity index is 686. The molecule has 0 aromatic heterocycles. The van der Waals surface area contributed by atoms with Gasteiger partial charge < -0.3 is 0 Å². The summed E-state index contributed by atoms with van der Waals surface area (Å²) in [7, 11) is 0. The van der Waals surface area contributed by atoms with Crippen LogP contribution in [0.15, 0.2) is 66.7 Å². The van der Waals surface area contributed by atoms with Gasteiger partial charge >= 0.3 is 0 Å². The average molecular weight is 307 g/mol. The number of hydrogen-bond donors (Lipinski definition) is 0. The second-order valence-electron chi connectivity index (χ2n) is 5.69. The van der Waals surface area contributed by atoms with Gasteiger partial charge in [-0.1, -0.05) is 65.9 Å². The van der Waals surface area contributed by atoms with Crippen molar-refractivity contribution in [3.63, 3.8) is 0 Å². The Morgan fingerprint density at radius 3 is 2.45 bits per heavy atom. The first kappa shape index (κ1) is 14.9. The van der Waals surface area contributed by atoms with Crippen molar-refractivity contribution in [3.05, 3.63) is 82.9 Å². The maximum absolute atomic E-state index is 6.03. The SMILES string of the molecule is Clc1ccc(C(C#Cc2ccccc2)C2C=CCCC2)cc1. The van der Waals surface area contributed by atoms with Crippen molar-refractivity contribution in [1.29, 1.82) is 0 Å². The standard InChI is InChI=1S/C21H19Cl/c22-20-14-12-19(13-15-20)21(18-9-5-2-6-10-18)16-11-17-7-3-1-4-8-17/h1,3-5,7-9,12-15,18,21H,2,6,10H2. The highest BCUT2D eigenvalue weighted by atomic mass is 35.5. The molecule has 0 saturated heterocycles. The van der Waals surface area contributed by atoms with E-state index in [1.54, 1.807) is 0 Å². The van der Waals surface area contributed by atoms with Crippen LogP contribution < -0.4 is 0 Å². The van der Waals surface area contributed by atoms with Crippen LogP contribution in [-0.4, -0.2) is 0 Å². The van der Waals surface area contributed by atoms with E-state index in [1.165, 1.54) is 24.8 Å². The minimum Gasteiger partial charge on any atom is -0.0891 e. The van der Waals surface area contributed by atoms with Gasteiger partial charge in [0.05, 0.1) is 5.92 Å². The predicted octanol–water partition coefficient (Wildman–Crippen LogP) is 5.83. The van der Waals surface area contributed by atoms with Crippen LogP contribution in [0.1, 0.15) is 36.3 Å². The summed E-state index contributed by atoms with van der Waals surface area (Å²) in [6.07, 6.45) is 8.27. The molecule has 2 aromatic carbocycles. The molecule has 0 aliphatic heterocycles. The molecule has 0 radical (unpaired) electrons. The lowest BCUT2D eigenvalue weighted by atomic mass is 9.80. The van der Waals surface area contributed by atoms with Crippen LogP contribution in [0.5, 0.6) is 0 Å². The van der Waals surface area contributed by atoms with E-state index >= 15 is 0 Å². The second-order valence-corrected chi connectivity index (χ2v) is 6.12. The molecular formula is C21H19Cl. The fourth-order valence-electron chi connectivity index (χ4n) is 2.91. The number of halogens is 1. The molecule has 0 nitrogen and oxygen atoms in total. The highest BCUT2D eigenvalue weighted by Gasteiger charge is 2.20. The average Bonchev–Trinajstić information content (AvgIpc) is 2.58. The first-order valence-electron chi connectivity index (χ1n) is 7.81. The van der Waals surface area contributed by atoms with Gasteiger partial charge in [0.2, 0.25) is 0 Å². The molecule has 2 aromatic rings. The van der Waals surface area contributed by atoms with Gasteiger partial charge in [0.25, 0.3) is 0 Å². The fourth-order valence-corrected chi connectivity index (χ4v) is 3.03. The molecule has 1 heteroatoms. The third kappa shape index (κ3) is 3.81. The lowest BCUT2D eigenvalue weighted by molar-refractivity contribution is 0.506. The van der Waals surface area contributed by atoms with Gasteiger partial charge in [0.15, 0.2) is 0 Å². The largest absolute Gasteiger partial charge is 0.0891 e. The van der Waals surface area contributed by atoms with Gasteiger partial charge in [-0.3, -0.25) is 0 Å². The van der Waals surface area contributed by atoms with E-state index in [2.05, 4.69) is 48.3 Å². The van der Waals surface area contributed by atoms with Gasteiger partial charge in [0.1, 0.15) is 0 Å². The summed E-state index contributed by atoms with van der Waals surface area (Å²) in [4.78, 5) is 0. The summed E-state index contributed by atoms with van der Waals surface area (Å²) in [6, 6.07) is 18.3. The molecule has 110 valence electrons. The fraction of sp³-hybridized carbons (Fsp3) is 0.238. The van der Waals surface area contributed by atoms with Gasteiger partial charge in [-0.15, -0.1) is 0 Å². The highest BCUT2D eigenvalue weighted by molar-refractivity contribution is 6.30. The van der Waals surface area contributed by atoms with E-state index in [-0.39, 0.29) is 5.92 Å². The van der Waals surface area contributed by atoms with Crippen molar-refractivity contribution in [1.82, 2.24) is 0 Å². The van der Waals surface area contributed by atoms with Crippen molar-refractivity contribution in [2.24, 2.45) is 5.92 Å². The molecule has 0 amide bonds. The molecule has 0 saturated carbocycles. The zero-order valence-electron chi connectivity index (χ0n) is 12.5. The quantitative estimate of drug-likeness (QED) is 0.483. The molecule has 0 heterocycles. The van der Waals surface area contributed by atoms with E-state index in [0.29, 0.717) is 5.92 Å². The second kappa shape index (κ2) is 7.34. The molecular weight excluding hydrogens is 288 g/mol. The van der Waals surface area contributed by atoms with E-state index in [9.17, 15) is 0 Å². The lowest BCUT2D eigenvalue weighted by Gasteiger charge is -2.23. The first-order valence-corrected chi connectivity index (χ1v) is 8.19. The number of rotatable bonds is 2. The molecule has 22 heavy (non-hydrogen) atoms. The molecule has 3 rings (SSSR count). The molecule has 2 unspecified atom stereocenters. The summed E-state index contributed by atoms with van der Waals surface area (Å²) in [5.41, 5.74) is 2.32. The van der Waals surface area contributed by atoms with Crippen molar-refractivity contribution < 1.29 is 0 Å². The molecule has 0 bridgehead atoms. The number of allylic oxidation sites excluding steroid dienone is 2. The van der Waals surface area contributed by atoms with E-state index < -0.39 is 0 Å². The van der Waals surface area contributed by atoms with Crippen LogP contribution in [-0.2, 0) is 0 Å². The number of hydrogen-bond acceptors (Lipinski definition) is 0. The Morgan fingerprint density at radius 2 is 1.77 bits per heavy atom. The van der Waals surface area contributed by atoms with Crippen molar-refractivity contribution in [3.8, 4) is 11.8 Å². The zero-order chi connectivity index (χ0) is 15.2. The van der Waals surface area contributed by atoms with Crippen molar-refractivity contribution in [2.75, 3.05) is 0 Å². The van der Waals surface area contributed by atoms with E-state index in [1.807, 2.05) is 30.3 Å². The molecule has 0 fully saturated rings. The Labute approximate surface area is 137 Å². The first-order chi connectivity index (χ1) is 10.8. The summed E-state index contributed by atoms with van der Waals surface area (Å²) < 4.78 is 0. The Morgan fingerprint density at radius 1 is 1.00 bits per heavy atom. The molecule has 1 aliphatic carbocycles. The van der Waals surface area contributed by atoms with Crippen molar-refractivity contribution in [2.45, 2.75) is 25.2 Å². The molecule has 2 atom stereocenters. The normalized spacial score (nSPS) is 18.3. The van der Waals surface area contributed by atoms with Gasteiger partial charge in [-0.2, -0.15) is 0 Å². The van der Waals surface area contributed by atoms with Crippen LogP contribution in [0.4, 0.5) is 0 Å². The van der Waals surface area contributed by atoms with Crippen LogP contribution in [0.25, 0.3) is 0 Å². The Hall–Kier alpha value is -1.97. The Balaban J connectivity index is 1.92. The maximum Gasteiger partial charge on any atom is 0.0518 e. The van der Waals surface area contributed by atoms with Crippen LogP contribution in [0.3, 0.4) is 0 Å². The summed E-state index contributed by atoms with van der Waals surface area (Å²) >= 11 is 6.03. The van der Waals surface area contributed by atoms with Gasteiger partial charge in [0, 0.05) is 10.6 Å². The summed E-state index contributed by atoms with van der Waals surface area (Å²) in [5.74, 6) is 7.56. The van der Waals surface area contributed by atoms with Gasteiger partial charge in [-0.05, 0) is 55.0 Å². The third-order valence-electron chi connectivity index (χ3n) is 4.09. The minimum absolute atomic E-state index is 0.231. The lowest BCUT2D eigenvalue weighted by Crippen LogP contribution is -2.11. The smallest absolute Gasteiger partial charge is 0.0518 e. The van der Waals surface area contributed by atoms with Crippen LogP contribution in [0, 0.1) is 17.8 Å². The third-order valence-corrected chi connectivity index (χ3v) is 4.35. The molecule has 0 spiro atoms. The monoisotopic (exact) mass is 306 g/mol. The van der Waals surface area contributed by atoms with Crippen LogP contribution >= 0.6 is 11.6 Å². The highest BCUT2D eigenvalue weighted by Crippen LogP contribution is 2.32. The summed E-state index contributed by atoms with van der Waals surface area (Å²) in [5, 5.41) is 0.776. The minimum atomic E-state index is 0.231.